The molecule has 0 radical (unpaired) electrons. The van der Waals surface area contributed by atoms with Gasteiger partial charge in [0.15, 0.2) is 0 Å². The van der Waals surface area contributed by atoms with E-state index in [1.807, 2.05) is 6.92 Å². The highest BCUT2D eigenvalue weighted by Gasteiger charge is 2.06. The zero-order valence-corrected chi connectivity index (χ0v) is 8.93. The molecule has 84 valence electrons. The Labute approximate surface area is 93.5 Å². The van der Waals surface area contributed by atoms with Gasteiger partial charge in [-0.2, -0.15) is 0 Å². The van der Waals surface area contributed by atoms with Gasteiger partial charge in [-0.05, 0) is 19.1 Å². The van der Waals surface area contributed by atoms with Crippen molar-refractivity contribution in [1.29, 1.82) is 0 Å². The molecule has 1 aromatic rings. The summed E-state index contributed by atoms with van der Waals surface area (Å²) in [6, 6.07) is 6.89. The van der Waals surface area contributed by atoms with E-state index >= 15 is 0 Å². The van der Waals surface area contributed by atoms with E-state index < -0.39 is 18.7 Å². The Balaban J connectivity index is 2.44. The second kappa shape index (κ2) is 5.70. The van der Waals surface area contributed by atoms with E-state index in [4.69, 9.17) is 4.74 Å². The quantitative estimate of drug-likeness (QED) is 0.441. The van der Waals surface area contributed by atoms with Crippen molar-refractivity contribution in [3.05, 3.63) is 48.0 Å². The van der Waals surface area contributed by atoms with E-state index in [2.05, 4.69) is 11.3 Å². The molecule has 0 unspecified atom stereocenters. The van der Waals surface area contributed by atoms with Crippen LogP contribution in [0.15, 0.2) is 36.9 Å². The molecule has 0 bridgehead atoms. The first kappa shape index (κ1) is 12.0. The Hall–Kier alpha value is -2.10. The van der Waals surface area contributed by atoms with Gasteiger partial charge in [0.05, 0.1) is 5.56 Å². The summed E-state index contributed by atoms with van der Waals surface area (Å²) < 4.78 is 9.22. The van der Waals surface area contributed by atoms with Crippen LogP contribution in [0.5, 0.6) is 0 Å². The van der Waals surface area contributed by atoms with Gasteiger partial charge in [0.2, 0.25) is 6.79 Å². The third-order valence-corrected chi connectivity index (χ3v) is 1.85. The molecular weight excluding hydrogens is 208 g/mol. The van der Waals surface area contributed by atoms with Gasteiger partial charge < -0.3 is 9.47 Å². The van der Waals surface area contributed by atoms with Crippen LogP contribution >= 0.6 is 0 Å². The van der Waals surface area contributed by atoms with E-state index in [1.54, 1.807) is 24.3 Å². The number of hydrogen-bond acceptors (Lipinski definition) is 4. The molecule has 0 spiro atoms. The predicted molar refractivity (Wildman–Crippen MR) is 57.8 cm³/mol. The largest absolute Gasteiger partial charge is 0.425 e. The fourth-order valence-corrected chi connectivity index (χ4v) is 0.973. The van der Waals surface area contributed by atoms with Gasteiger partial charge in [0.25, 0.3) is 0 Å². The third kappa shape index (κ3) is 3.57. The van der Waals surface area contributed by atoms with Crippen LogP contribution in [0.2, 0.25) is 0 Å². The lowest BCUT2D eigenvalue weighted by atomic mass is 10.2. The van der Waals surface area contributed by atoms with Crippen molar-refractivity contribution < 1.29 is 19.1 Å². The number of benzene rings is 1. The summed E-state index contributed by atoms with van der Waals surface area (Å²) in [5, 5.41) is 0. The van der Waals surface area contributed by atoms with E-state index in [-0.39, 0.29) is 0 Å². The number of rotatable bonds is 4. The predicted octanol–water partition coefficient (Wildman–Crippen LogP) is 1.84. The molecule has 0 atom stereocenters. The van der Waals surface area contributed by atoms with Crippen LogP contribution in [0, 0.1) is 6.92 Å². The van der Waals surface area contributed by atoms with Crippen LogP contribution in [0.25, 0.3) is 0 Å². The SMILES string of the molecule is C=CC(=O)OCOC(=O)c1ccc(C)cc1. The highest BCUT2D eigenvalue weighted by Crippen LogP contribution is 2.04. The maximum atomic E-state index is 11.4. The van der Waals surface area contributed by atoms with E-state index in [0.29, 0.717) is 5.56 Å². The molecule has 0 aliphatic rings. The van der Waals surface area contributed by atoms with Gasteiger partial charge in [-0.15, -0.1) is 0 Å². The molecule has 0 fully saturated rings. The van der Waals surface area contributed by atoms with Crippen LogP contribution in [0.4, 0.5) is 0 Å². The highest BCUT2D eigenvalue weighted by atomic mass is 16.7. The molecule has 4 nitrogen and oxygen atoms in total. The van der Waals surface area contributed by atoms with Crippen LogP contribution < -0.4 is 0 Å². The molecule has 0 saturated heterocycles. The Morgan fingerprint density at radius 1 is 1.25 bits per heavy atom. The summed E-state index contributed by atoms with van der Waals surface area (Å²) in [6.07, 6.45) is 1.000. The zero-order chi connectivity index (χ0) is 12.0. The van der Waals surface area contributed by atoms with E-state index in [1.165, 1.54) is 0 Å². The van der Waals surface area contributed by atoms with Crippen molar-refractivity contribution in [3.63, 3.8) is 0 Å². The van der Waals surface area contributed by atoms with Gasteiger partial charge in [-0.25, -0.2) is 9.59 Å². The first-order chi connectivity index (χ1) is 7.63. The number of hydrogen-bond donors (Lipinski definition) is 0. The second-order valence-electron chi connectivity index (χ2n) is 3.08. The first-order valence-corrected chi connectivity index (χ1v) is 4.66. The summed E-state index contributed by atoms with van der Waals surface area (Å²) in [7, 11) is 0. The van der Waals surface area contributed by atoms with Crippen LogP contribution in [-0.4, -0.2) is 18.7 Å². The minimum Gasteiger partial charge on any atom is -0.425 e. The Morgan fingerprint density at radius 3 is 2.44 bits per heavy atom. The van der Waals surface area contributed by atoms with Gasteiger partial charge in [-0.3, -0.25) is 0 Å². The maximum Gasteiger partial charge on any atom is 0.340 e. The minimum absolute atomic E-state index is 0.405. The van der Waals surface area contributed by atoms with Crippen molar-refractivity contribution in [2.24, 2.45) is 0 Å². The second-order valence-corrected chi connectivity index (χ2v) is 3.08. The lowest BCUT2D eigenvalue weighted by Gasteiger charge is -2.04. The average molecular weight is 220 g/mol. The molecule has 0 aliphatic carbocycles. The maximum absolute atomic E-state index is 11.4. The molecule has 0 aliphatic heterocycles. The zero-order valence-electron chi connectivity index (χ0n) is 8.93. The van der Waals surface area contributed by atoms with Crippen molar-refractivity contribution in [3.8, 4) is 0 Å². The van der Waals surface area contributed by atoms with Crippen molar-refractivity contribution in [2.45, 2.75) is 6.92 Å². The number of aryl methyl sites for hydroxylation is 1. The van der Waals surface area contributed by atoms with Gasteiger partial charge in [0.1, 0.15) is 0 Å². The fourth-order valence-electron chi connectivity index (χ4n) is 0.973. The molecule has 0 N–H and O–H groups in total. The van der Waals surface area contributed by atoms with Crippen molar-refractivity contribution in [1.82, 2.24) is 0 Å². The molecular formula is C12H12O4. The molecule has 4 heteroatoms. The smallest absolute Gasteiger partial charge is 0.340 e. The van der Waals surface area contributed by atoms with Gasteiger partial charge in [0, 0.05) is 6.08 Å². The molecule has 1 aromatic carbocycles. The molecule has 1 rings (SSSR count). The van der Waals surface area contributed by atoms with Crippen LogP contribution in [0.1, 0.15) is 15.9 Å². The molecule has 16 heavy (non-hydrogen) atoms. The van der Waals surface area contributed by atoms with Gasteiger partial charge in [-0.1, -0.05) is 24.3 Å². The number of carbonyl (C=O) groups excluding carboxylic acids is 2. The summed E-state index contributed by atoms with van der Waals surface area (Å²) in [5.41, 5.74) is 1.47. The van der Waals surface area contributed by atoms with Crippen molar-refractivity contribution in [2.75, 3.05) is 6.79 Å². The first-order valence-electron chi connectivity index (χ1n) is 4.66. The Morgan fingerprint density at radius 2 is 1.88 bits per heavy atom. The van der Waals surface area contributed by atoms with E-state index in [0.717, 1.165) is 11.6 Å². The number of carbonyl (C=O) groups is 2. The normalized spacial score (nSPS) is 9.31. The minimum atomic E-state index is -0.628. The summed E-state index contributed by atoms with van der Waals surface area (Å²) >= 11 is 0. The Bertz CT molecular complexity index is 392. The van der Waals surface area contributed by atoms with Crippen molar-refractivity contribution >= 4 is 11.9 Å². The molecule has 0 saturated carbocycles. The fraction of sp³-hybridized carbons (Fsp3) is 0.167. The van der Waals surface area contributed by atoms with Gasteiger partial charge >= 0.3 is 11.9 Å². The average Bonchev–Trinajstić information content (AvgIpc) is 2.29. The molecule has 0 heterocycles. The summed E-state index contributed by atoms with van der Waals surface area (Å²) in [5.74, 6) is -1.16. The summed E-state index contributed by atoms with van der Waals surface area (Å²) in [6.45, 7) is 4.72. The topological polar surface area (TPSA) is 52.6 Å². The standard InChI is InChI=1S/C12H12O4/c1-3-11(13)15-8-16-12(14)10-6-4-9(2)5-7-10/h3-7H,1,8H2,2H3. The Kier molecular flexibility index (Phi) is 4.27. The van der Waals surface area contributed by atoms with Crippen LogP contribution in [0.3, 0.4) is 0 Å². The number of esters is 2. The van der Waals surface area contributed by atoms with Crippen LogP contribution in [-0.2, 0) is 14.3 Å². The third-order valence-electron chi connectivity index (χ3n) is 1.85. The van der Waals surface area contributed by atoms with E-state index in [9.17, 15) is 9.59 Å². The monoisotopic (exact) mass is 220 g/mol. The molecule has 0 aromatic heterocycles. The highest BCUT2D eigenvalue weighted by molar-refractivity contribution is 5.89. The number of ether oxygens (including phenoxy) is 2. The summed E-state index contributed by atoms with van der Waals surface area (Å²) in [4.78, 5) is 22.0. The lowest BCUT2D eigenvalue weighted by Crippen LogP contribution is -2.11. The molecule has 0 amide bonds. The lowest BCUT2D eigenvalue weighted by molar-refractivity contribution is -0.146.